The van der Waals surface area contributed by atoms with E-state index in [1.54, 1.807) is 6.92 Å². The van der Waals surface area contributed by atoms with Gasteiger partial charge in [-0.1, -0.05) is 0 Å². The zero-order chi connectivity index (χ0) is 18.3. The number of hydrogen-bond acceptors (Lipinski definition) is 6. The molecule has 0 aliphatic carbocycles. The van der Waals surface area contributed by atoms with E-state index in [-0.39, 0.29) is 43.1 Å². The van der Waals surface area contributed by atoms with Crippen LogP contribution in [0.2, 0.25) is 0 Å². The van der Waals surface area contributed by atoms with Crippen LogP contribution in [0.25, 0.3) is 0 Å². The van der Waals surface area contributed by atoms with Gasteiger partial charge in [-0.2, -0.15) is 0 Å². The highest BCUT2D eigenvalue weighted by Crippen LogP contribution is 2.35. The minimum Gasteiger partial charge on any atom is -0.493 e. The summed E-state index contributed by atoms with van der Waals surface area (Å²) in [5.41, 5.74) is -0.535. The molecule has 0 spiro atoms. The van der Waals surface area contributed by atoms with Crippen LogP contribution in [0.4, 0.5) is 5.69 Å². The Hall–Kier alpha value is -2.84. The smallest absolute Gasteiger partial charge is 0.303 e. The van der Waals surface area contributed by atoms with Gasteiger partial charge in [0.25, 0.3) is 11.6 Å². The molecule has 0 aliphatic heterocycles. The average Bonchev–Trinajstić information content (AvgIpc) is 2.53. The number of nitrogens with zero attached hydrogens (tertiary/aromatic N) is 2. The van der Waals surface area contributed by atoms with Crippen LogP contribution in [0, 0.1) is 10.1 Å². The molecule has 1 rings (SSSR count). The molecule has 0 aromatic heterocycles. The van der Waals surface area contributed by atoms with Crippen molar-refractivity contribution in [2.75, 3.05) is 27.3 Å². The molecule has 132 valence electrons. The molecule has 0 radical (unpaired) electrons. The van der Waals surface area contributed by atoms with Gasteiger partial charge in [0.15, 0.2) is 11.5 Å². The Morgan fingerprint density at radius 1 is 1.33 bits per heavy atom. The minimum atomic E-state index is -0.968. The fourth-order valence-electron chi connectivity index (χ4n) is 2.07. The van der Waals surface area contributed by atoms with Crippen molar-refractivity contribution in [3.05, 3.63) is 27.8 Å². The van der Waals surface area contributed by atoms with Crippen molar-refractivity contribution in [2.24, 2.45) is 0 Å². The summed E-state index contributed by atoms with van der Waals surface area (Å²) < 4.78 is 10.4. The molecule has 24 heavy (non-hydrogen) atoms. The van der Waals surface area contributed by atoms with E-state index in [1.807, 2.05) is 0 Å². The summed E-state index contributed by atoms with van der Waals surface area (Å²) in [5, 5.41) is 19.9. The fraction of sp³-hybridized carbons (Fsp3) is 0.467. The first-order valence-electron chi connectivity index (χ1n) is 7.28. The molecule has 0 bridgehead atoms. The number of ether oxygens (including phenoxy) is 2. The van der Waals surface area contributed by atoms with E-state index < -0.39 is 22.5 Å². The van der Waals surface area contributed by atoms with Crippen molar-refractivity contribution >= 4 is 17.6 Å². The van der Waals surface area contributed by atoms with E-state index in [1.165, 1.54) is 25.1 Å². The van der Waals surface area contributed by atoms with Crippen molar-refractivity contribution in [1.29, 1.82) is 0 Å². The van der Waals surface area contributed by atoms with Crippen LogP contribution >= 0.6 is 0 Å². The van der Waals surface area contributed by atoms with Gasteiger partial charge in [0.05, 0.1) is 24.7 Å². The number of hydrogen-bond donors (Lipinski definition) is 1. The van der Waals surface area contributed by atoms with E-state index in [9.17, 15) is 19.7 Å². The first kappa shape index (κ1) is 19.2. The maximum atomic E-state index is 12.5. The molecule has 9 heteroatoms. The molecule has 0 atom stereocenters. The second-order valence-electron chi connectivity index (χ2n) is 4.93. The molecule has 1 aromatic rings. The molecule has 0 fully saturated rings. The Morgan fingerprint density at radius 2 is 2.00 bits per heavy atom. The Morgan fingerprint density at radius 3 is 2.50 bits per heavy atom. The zero-order valence-corrected chi connectivity index (χ0v) is 13.8. The number of carbonyl (C=O) groups excluding carboxylic acids is 1. The zero-order valence-electron chi connectivity index (χ0n) is 13.8. The molecule has 1 aromatic carbocycles. The van der Waals surface area contributed by atoms with Crippen molar-refractivity contribution in [2.45, 2.75) is 19.8 Å². The van der Waals surface area contributed by atoms with E-state index in [0.717, 1.165) is 6.07 Å². The lowest BCUT2D eigenvalue weighted by atomic mass is 10.1. The summed E-state index contributed by atoms with van der Waals surface area (Å²) >= 11 is 0. The standard InChI is InChI=1S/C15H20N2O7/c1-4-24-13-9-11(17(21)22)10(8-12(13)23-3)15(20)16(2)7-5-6-14(18)19/h8-9H,4-7H2,1-3H3,(H,18,19). The van der Waals surface area contributed by atoms with Gasteiger partial charge < -0.3 is 19.5 Å². The number of amides is 1. The monoisotopic (exact) mass is 340 g/mol. The first-order chi connectivity index (χ1) is 11.3. The summed E-state index contributed by atoms with van der Waals surface area (Å²) in [4.78, 5) is 34.8. The van der Waals surface area contributed by atoms with E-state index in [2.05, 4.69) is 0 Å². The number of methoxy groups -OCH3 is 1. The number of aliphatic carboxylic acids is 1. The van der Waals surface area contributed by atoms with Crippen LogP contribution in [0.15, 0.2) is 12.1 Å². The summed E-state index contributed by atoms with van der Waals surface area (Å²) in [6.07, 6.45) is 0.159. The predicted octanol–water partition coefficient (Wildman–Crippen LogP) is 1.94. The second kappa shape index (κ2) is 8.70. The number of benzene rings is 1. The quantitative estimate of drug-likeness (QED) is 0.539. The topological polar surface area (TPSA) is 119 Å². The van der Waals surface area contributed by atoms with Gasteiger partial charge in [0, 0.05) is 26.1 Å². The summed E-state index contributed by atoms with van der Waals surface area (Å²) in [6, 6.07) is 2.42. The molecule has 0 heterocycles. The van der Waals surface area contributed by atoms with Crippen molar-refractivity contribution in [3.63, 3.8) is 0 Å². The molecule has 1 N–H and O–H groups in total. The predicted molar refractivity (Wildman–Crippen MR) is 84.6 cm³/mol. The highest BCUT2D eigenvalue weighted by Gasteiger charge is 2.26. The lowest BCUT2D eigenvalue weighted by Crippen LogP contribution is -2.28. The van der Waals surface area contributed by atoms with Crippen LogP contribution < -0.4 is 9.47 Å². The first-order valence-corrected chi connectivity index (χ1v) is 7.28. The van der Waals surface area contributed by atoms with Gasteiger partial charge in [-0.05, 0) is 13.3 Å². The van der Waals surface area contributed by atoms with E-state index in [4.69, 9.17) is 14.6 Å². The maximum absolute atomic E-state index is 12.5. The van der Waals surface area contributed by atoms with Gasteiger partial charge in [0.2, 0.25) is 0 Å². The molecule has 0 unspecified atom stereocenters. The van der Waals surface area contributed by atoms with Gasteiger partial charge in [0.1, 0.15) is 5.56 Å². The number of carboxylic acid groups (broad SMARTS) is 1. The molecule has 0 saturated heterocycles. The van der Waals surface area contributed by atoms with E-state index >= 15 is 0 Å². The summed E-state index contributed by atoms with van der Waals surface area (Å²) in [5.74, 6) is -1.17. The molecule has 0 aliphatic rings. The number of carboxylic acids is 1. The van der Waals surface area contributed by atoms with E-state index in [0.29, 0.717) is 0 Å². The normalized spacial score (nSPS) is 10.1. The van der Waals surface area contributed by atoms with Gasteiger partial charge in [-0.3, -0.25) is 19.7 Å². The Bertz CT molecular complexity index is 630. The second-order valence-corrected chi connectivity index (χ2v) is 4.93. The third-order valence-electron chi connectivity index (χ3n) is 3.24. The van der Waals surface area contributed by atoms with Crippen molar-refractivity contribution < 1.29 is 29.1 Å². The fourth-order valence-corrected chi connectivity index (χ4v) is 2.07. The number of rotatable bonds is 9. The van der Waals surface area contributed by atoms with Crippen LogP contribution in [-0.2, 0) is 4.79 Å². The third kappa shape index (κ3) is 4.83. The summed E-state index contributed by atoms with van der Waals surface area (Å²) in [6.45, 7) is 2.17. The SMILES string of the molecule is CCOc1cc([N+](=O)[O-])c(C(=O)N(C)CCCC(=O)O)cc1OC. The largest absolute Gasteiger partial charge is 0.493 e. The molecule has 0 saturated carbocycles. The van der Waals surface area contributed by atoms with Crippen LogP contribution in [0.5, 0.6) is 11.5 Å². The van der Waals surface area contributed by atoms with Crippen LogP contribution in [0.1, 0.15) is 30.1 Å². The number of nitro groups is 1. The minimum absolute atomic E-state index is 0.0910. The van der Waals surface area contributed by atoms with Crippen LogP contribution in [0.3, 0.4) is 0 Å². The highest BCUT2D eigenvalue weighted by molar-refractivity contribution is 5.99. The van der Waals surface area contributed by atoms with Crippen molar-refractivity contribution in [3.8, 4) is 11.5 Å². The third-order valence-corrected chi connectivity index (χ3v) is 3.24. The summed E-state index contributed by atoms with van der Waals surface area (Å²) in [7, 11) is 2.82. The molecular weight excluding hydrogens is 320 g/mol. The van der Waals surface area contributed by atoms with Gasteiger partial charge >= 0.3 is 5.97 Å². The Kier molecular flexibility index (Phi) is 6.97. The number of nitro benzene ring substituents is 1. The highest BCUT2D eigenvalue weighted by atomic mass is 16.6. The van der Waals surface area contributed by atoms with Gasteiger partial charge in [-0.25, -0.2) is 0 Å². The Labute approximate surface area is 138 Å². The number of carbonyl (C=O) groups is 2. The maximum Gasteiger partial charge on any atom is 0.303 e. The molecule has 9 nitrogen and oxygen atoms in total. The molecule has 1 amide bonds. The molecular formula is C15H20N2O7. The average molecular weight is 340 g/mol. The van der Waals surface area contributed by atoms with Crippen molar-refractivity contribution in [1.82, 2.24) is 4.90 Å². The Balaban J connectivity index is 3.13. The lowest BCUT2D eigenvalue weighted by molar-refractivity contribution is -0.385. The lowest BCUT2D eigenvalue weighted by Gasteiger charge is -2.18. The van der Waals surface area contributed by atoms with Gasteiger partial charge in [-0.15, -0.1) is 0 Å². The van der Waals surface area contributed by atoms with Crippen LogP contribution in [-0.4, -0.2) is 54.1 Å².